The fraction of sp³-hybridized carbons (Fsp3) is 0. The summed E-state index contributed by atoms with van der Waals surface area (Å²) >= 11 is 4.43. The molecule has 0 unspecified atom stereocenters. The van der Waals surface area contributed by atoms with E-state index in [0.717, 1.165) is 18.3 Å². The number of pyridine rings is 2. The van der Waals surface area contributed by atoms with Crippen LogP contribution < -0.4 is 0 Å². The molecule has 0 aliphatic heterocycles. The van der Waals surface area contributed by atoms with Gasteiger partial charge in [-0.05, 0) is 63.4 Å². The number of fused-ring (bicyclic) bond motifs is 1. The second kappa shape index (κ2) is 3.41. The fourth-order valence-corrected chi connectivity index (χ4v) is 1.84. The van der Waals surface area contributed by atoms with Crippen LogP contribution in [0.1, 0.15) is 0 Å². The molecule has 2 rings (SSSR count). The minimum absolute atomic E-state index is 0.822. The topological polar surface area (TPSA) is 25.8 Å². The average Bonchev–Trinajstić information content (AvgIpc) is 2.05. The molecular weight excluding hydrogens is 378 g/mol. The third-order valence-electron chi connectivity index (χ3n) is 1.47. The van der Waals surface area contributed by atoms with Crippen LogP contribution in [-0.2, 0) is 0 Å². The van der Waals surface area contributed by atoms with Gasteiger partial charge in [0.25, 0.3) is 0 Å². The van der Waals surface area contributed by atoms with Gasteiger partial charge in [-0.1, -0.05) is 0 Å². The number of hydrogen-bond acceptors (Lipinski definition) is 2. The van der Waals surface area contributed by atoms with E-state index in [9.17, 15) is 0 Å². The SMILES string of the molecule is Ic1cnc2nc(I)ccc2c1. The van der Waals surface area contributed by atoms with E-state index < -0.39 is 0 Å². The van der Waals surface area contributed by atoms with Crippen molar-refractivity contribution in [2.75, 3.05) is 0 Å². The van der Waals surface area contributed by atoms with E-state index in [-0.39, 0.29) is 0 Å². The van der Waals surface area contributed by atoms with Gasteiger partial charge in [0.15, 0.2) is 5.65 Å². The first-order chi connectivity index (χ1) is 5.75. The van der Waals surface area contributed by atoms with Crippen molar-refractivity contribution in [3.8, 4) is 0 Å². The van der Waals surface area contributed by atoms with Gasteiger partial charge in [-0.3, -0.25) is 0 Å². The molecule has 0 spiro atoms. The zero-order valence-electron chi connectivity index (χ0n) is 5.96. The number of hydrogen-bond donors (Lipinski definition) is 0. The number of aromatic nitrogens is 2. The van der Waals surface area contributed by atoms with Crippen LogP contribution in [-0.4, -0.2) is 9.97 Å². The molecule has 60 valence electrons. The van der Waals surface area contributed by atoms with E-state index in [2.05, 4.69) is 61.2 Å². The highest BCUT2D eigenvalue weighted by Gasteiger charge is 1.96. The highest BCUT2D eigenvalue weighted by atomic mass is 127. The molecule has 0 radical (unpaired) electrons. The summed E-state index contributed by atoms with van der Waals surface area (Å²) in [5, 5.41) is 1.10. The highest BCUT2D eigenvalue weighted by molar-refractivity contribution is 14.1. The van der Waals surface area contributed by atoms with Crippen LogP contribution in [0.5, 0.6) is 0 Å². The van der Waals surface area contributed by atoms with Crippen LogP contribution in [0.2, 0.25) is 0 Å². The Labute approximate surface area is 97.1 Å². The third-order valence-corrected chi connectivity index (χ3v) is 2.67. The van der Waals surface area contributed by atoms with Crippen molar-refractivity contribution in [1.82, 2.24) is 9.97 Å². The summed E-state index contributed by atoms with van der Waals surface area (Å²) in [5.41, 5.74) is 0.822. The zero-order valence-corrected chi connectivity index (χ0v) is 10.3. The highest BCUT2D eigenvalue weighted by Crippen LogP contribution is 2.14. The van der Waals surface area contributed by atoms with Crippen LogP contribution >= 0.6 is 45.2 Å². The standard InChI is InChI=1S/C8H4I2N2/c9-6-3-5-1-2-7(10)12-8(5)11-4-6/h1-4H. The van der Waals surface area contributed by atoms with E-state index in [4.69, 9.17) is 0 Å². The maximum absolute atomic E-state index is 4.29. The summed E-state index contributed by atoms with van der Waals surface area (Å²) < 4.78 is 2.12. The summed E-state index contributed by atoms with van der Waals surface area (Å²) in [7, 11) is 0. The Bertz CT molecular complexity index is 387. The van der Waals surface area contributed by atoms with E-state index in [1.165, 1.54) is 0 Å². The van der Waals surface area contributed by atoms with Crippen LogP contribution in [0.3, 0.4) is 0 Å². The molecule has 0 atom stereocenters. The first-order valence-electron chi connectivity index (χ1n) is 3.33. The molecule has 0 bridgehead atoms. The van der Waals surface area contributed by atoms with Gasteiger partial charge in [-0.2, -0.15) is 0 Å². The molecule has 4 heteroatoms. The molecule has 2 aromatic heterocycles. The molecule has 0 aliphatic carbocycles. The number of nitrogens with zero attached hydrogens (tertiary/aromatic N) is 2. The lowest BCUT2D eigenvalue weighted by Crippen LogP contribution is -1.86. The van der Waals surface area contributed by atoms with Crippen LogP contribution in [0, 0.1) is 7.27 Å². The second-order valence-corrected chi connectivity index (χ2v) is 4.69. The predicted octanol–water partition coefficient (Wildman–Crippen LogP) is 2.84. The minimum atomic E-state index is 0.822. The Morgan fingerprint density at radius 2 is 2.00 bits per heavy atom. The van der Waals surface area contributed by atoms with Crippen molar-refractivity contribution in [1.29, 1.82) is 0 Å². The molecule has 2 nitrogen and oxygen atoms in total. The third kappa shape index (κ3) is 1.68. The number of halogens is 2. The van der Waals surface area contributed by atoms with Gasteiger partial charge < -0.3 is 0 Å². The molecule has 0 aromatic carbocycles. The summed E-state index contributed by atoms with van der Waals surface area (Å²) in [4.78, 5) is 8.51. The molecule has 0 saturated carbocycles. The Balaban J connectivity index is 2.79. The minimum Gasteiger partial charge on any atom is -0.235 e. The van der Waals surface area contributed by atoms with Gasteiger partial charge in [0.05, 0.1) is 0 Å². The largest absolute Gasteiger partial charge is 0.235 e. The summed E-state index contributed by atoms with van der Waals surface area (Å²) in [6, 6.07) is 6.10. The van der Waals surface area contributed by atoms with Gasteiger partial charge in [0.2, 0.25) is 0 Å². The number of rotatable bonds is 0. The molecule has 12 heavy (non-hydrogen) atoms. The normalized spacial score (nSPS) is 10.5. The molecule has 0 amide bonds. The Morgan fingerprint density at radius 1 is 1.17 bits per heavy atom. The van der Waals surface area contributed by atoms with Crippen LogP contribution in [0.25, 0.3) is 11.0 Å². The van der Waals surface area contributed by atoms with Crippen molar-refractivity contribution in [2.45, 2.75) is 0 Å². The zero-order chi connectivity index (χ0) is 8.55. The lowest BCUT2D eigenvalue weighted by molar-refractivity contribution is 1.25. The molecular formula is C8H4I2N2. The first-order valence-corrected chi connectivity index (χ1v) is 5.49. The van der Waals surface area contributed by atoms with Crippen molar-refractivity contribution in [2.24, 2.45) is 0 Å². The Morgan fingerprint density at radius 3 is 2.83 bits per heavy atom. The molecule has 0 fully saturated rings. The maximum atomic E-state index is 4.29. The predicted molar refractivity (Wildman–Crippen MR) is 65.0 cm³/mol. The Hall–Kier alpha value is 0.0200. The van der Waals surface area contributed by atoms with Crippen LogP contribution in [0.4, 0.5) is 0 Å². The smallest absolute Gasteiger partial charge is 0.160 e. The maximum Gasteiger partial charge on any atom is 0.160 e. The average molecular weight is 382 g/mol. The lowest BCUT2D eigenvalue weighted by Gasteiger charge is -1.96. The van der Waals surface area contributed by atoms with Gasteiger partial charge in [-0.15, -0.1) is 0 Å². The quantitative estimate of drug-likeness (QED) is 0.518. The van der Waals surface area contributed by atoms with E-state index in [1.54, 1.807) is 0 Å². The molecule has 2 aromatic rings. The lowest BCUT2D eigenvalue weighted by atomic mass is 10.3. The van der Waals surface area contributed by atoms with E-state index in [1.807, 2.05) is 18.3 Å². The fourth-order valence-electron chi connectivity index (χ4n) is 0.961. The monoisotopic (exact) mass is 382 g/mol. The van der Waals surface area contributed by atoms with Crippen molar-refractivity contribution < 1.29 is 0 Å². The second-order valence-electron chi connectivity index (χ2n) is 2.33. The van der Waals surface area contributed by atoms with Gasteiger partial charge in [0, 0.05) is 15.2 Å². The van der Waals surface area contributed by atoms with Gasteiger partial charge in [0.1, 0.15) is 3.70 Å². The van der Waals surface area contributed by atoms with Gasteiger partial charge >= 0.3 is 0 Å². The molecule has 2 heterocycles. The summed E-state index contributed by atoms with van der Waals surface area (Å²) in [5.74, 6) is 0. The van der Waals surface area contributed by atoms with E-state index >= 15 is 0 Å². The van der Waals surface area contributed by atoms with Crippen molar-refractivity contribution in [3.05, 3.63) is 31.7 Å². The van der Waals surface area contributed by atoms with Crippen molar-refractivity contribution in [3.63, 3.8) is 0 Å². The van der Waals surface area contributed by atoms with Crippen LogP contribution in [0.15, 0.2) is 24.4 Å². The summed E-state index contributed by atoms with van der Waals surface area (Å²) in [6.07, 6.45) is 1.83. The molecule has 0 saturated heterocycles. The molecule has 0 N–H and O–H groups in total. The van der Waals surface area contributed by atoms with Gasteiger partial charge in [-0.25, -0.2) is 9.97 Å². The first kappa shape index (κ1) is 8.61. The molecule has 0 aliphatic rings. The van der Waals surface area contributed by atoms with E-state index in [0.29, 0.717) is 0 Å². The Kier molecular flexibility index (Phi) is 2.44. The van der Waals surface area contributed by atoms with Crippen molar-refractivity contribution >= 4 is 56.2 Å². The summed E-state index contributed by atoms with van der Waals surface area (Å²) in [6.45, 7) is 0.